The second-order valence-electron chi connectivity index (χ2n) is 9.17. The summed E-state index contributed by atoms with van der Waals surface area (Å²) < 4.78 is 5.35. The van der Waals surface area contributed by atoms with Crippen LogP contribution in [0.5, 0.6) is 0 Å². The van der Waals surface area contributed by atoms with E-state index in [1.165, 1.54) is 0 Å². The molecule has 164 valence electrons. The number of hydrogen-bond acceptors (Lipinski definition) is 6. The molecule has 0 aromatic carbocycles. The van der Waals surface area contributed by atoms with Gasteiger partial charge in [0.25, 0.3) is 0 Å². The lowest BCUT2D eigenvalue weighted by Crippen LogP contribution is -2.54. The molecule has 0 radical (unpaired) electrons. The van der Waals surface area contributed by atoms with Crippen molar-refractivity contribution in [3.8, 4) is 0 Å². The number of carbonyl (C=O) groups excluding carboxylic acids is 2. The highest BCUT2D eigenvalue weighted by Gasteiger charge is 2.47. The number of carbonyl (C=O) groups is 2. The fraction of sp³-hybridized carbons (Fsp3) is 0.905. The Morgan fingerprint density at radius 1 is 1.07 bits per heavy atom. The fourth-order valence-corrected chi connectivity index (χ4v) is 5.59. The number of ether oxygens (including phenoxy) is 1. The highest BCUT2D eigenvalue weighted by Crippen LogP contribution is 2.31. The van der Waals surface area contributed by atoms with Crippen LogP contribution in [-0.4, -0.2) is 122 Å². The van der Waals surface area contributed by atoms with Crippen LogP contribution in [0.4, 0.5) is 0 Å². The molecule has 4 heterocycles. The summed E-state index contributed by atoms with van der Waals surface area (Å²) in [5, 5.41) is 3.20. The Morgan fingerprint density at radius 3 is 2.52 bits per heavy atom. The Hall–Kier alpha value is -1.22. The van der Waals surface area contributed by atoms with Gasteiger partial charge in [-0.25, -0.2) is 0 Å². The van der Waals surface area contributed by atoms with Crippen molar-refractivity contribution in [3.05, 3.63) is 0 Å². The molecule has 0 aromatic heterocycles. The molecule has 1 N–H and O–H groups in total. The zero-order valence-electron chi connectivity index (χ0n) is 18.0. The Morgan fingerprint density at radius 2 is 1.79 bits per heavy atom. The highest BCUT2D eigenvalue weighted by molar-refractivity contribution is 5.83. The summed E-state index contributed by atoms with van der Waals surface area (Å²) in [6.45, 7) is 6.55. The third-order valence-electron chi connectivity index (χ3n) is 7.50. The molecule has 0 aliphatic carbocycles. The Balaban J connectivity index is 1.36. The molecule has 0 bridgehead atoms. The maximum Gasteiger partial charge on any atom is 0.239 e. The van der Waals surface area contributed by atoms with Crippen LogP contribution in [0, 0.1) is 0 Å². The maximum absolute atomic E-state index is 13.0. The van der Waals surface area contributed by atoms with Crippen LogP contribution >= 0.6 is 0 Å². The van der Waals surface area contributed by atoms with Crippen molar-refractivity contribution in [2.75, 3.05) is 66.6 Å². The van der Waals surface area contributed by atoms with Crippen LogP contribution in [0.1, 0.15) is 32.1 Å². The Labute approximate surface area is 174 Å². The first-order valence-corrected chi connectivity index (χ1v) is 11.3. The number of piperidine rings is 1. The quantitative estimate of drug-likeness (QED) is 0.684. The maximum atomic E-state index is 13.0. The van der Waals surface area contributed by atoms with Gasteiger partial charge in [-0.05, 0) is 52.9 Å². The molecule has 4 aliphatic heterocycles. The van der Waals surface area contributed by atoms with Crippen molar-refractivity contribution in [3.63, 3.8) is 0 Å². The number of likely N-dealkylation sites (N-methyl/N-ethyl adjacent to an activating group) is 1. The van der Waals surface area contributed by atoms with E-state index in [1.54, 1.807) is 0 Å². The van der Waals surface area contributed by atoms with E-state index < -0.39 is 0 Å². The molecular weight excluding hydrogens is 370 g/mol. The molecule has 29 heavy (non-hydrogen) atoms. The van der Waals surface area contributed by atoms with E-state index in [0.29, 0.717) is 45.3 Å². The van der Waals surface area contributed by atoms with E-state index in [0.717, 1.165) is 45.3 Å². The van der Waals surface area contributed by atoms with Gasteiger partial charge < -0.3 is 19.9 Å². The summed E-state index contributed by atoms with van der Waals surface area (Å²) in [7, 11) is 4.33. The minimum absolute atomic E-state index is 0.0478. The lowest BCUT2D eigenvalue weighted by Gasteiger charge is -2.39. The van der Waals surface area contributed by atoms with Gasteiger partial charge in [0.1, 0.15) is 6.04 Å². The van der Waals surface area contributed by atoms with E-state index in [4.69, 9.17) is 4.74 Å². The summed E-state index contributed by atoms with van der Waals surface area (Å²) in [5.74, 6) is 0.397. The van der Waals surface area contributed by atoms with Crippen LogP contribution in [0.25, 0.3) is 0 Å². The molecule has 3 atom stereocenters. The van der Waals surface area contributed by atoms with E-state index >= 15 is 0 Å². The van der Waals surface area contributed by atoms with Crippen LogP contribution in [0.15, 0.2) is 0 Å². The van der Waals surface area contributed by atoms with Gasteiger partial charge in [0.2, 0.25) is 11.8 Å². The molecule has 0 aromatic rings. The fourth-order valence-electron chi connectivity index (χ4n) is 5.59. The normalized spacial score (nSPS) is 33.4. The minimum atomic E-state index is -0.0478. The standard InChI is InChI=1S/C21H37N5O3/c1-23-8-5-16(6-9-23)26-10-7-18-20(26)21(28)22-15-17(24(18)2)3-4-19(27)25-11-13-29-14-12-25/h16-18,20H,3-15H2,1-2H3,(H,22,28). The molecule has 8 heteroatoms. The third-order valence-corrected chi connectivity index (χ3v) is 7.50. The van der Waals surface area contributed by atoms with Crippen molar-refractivity contribution >= 4 is 11.8 Å². The number of amides is 2. The largest absolute Gasteiger partial charge is 0.378 e. The lowest BCUT2D eigenvalue weighted by atomic mass is 10.0. The highest BCUT2D eigenvalue weighted by atomic mass is 16.5. The number of nitrogens with zero attached hydrogens (tertiary/aromatic N) is 4. The van der Waals surface area contributed by atoms with Crippen molar-refractivity contribution in [2.45, 2.75) is 56.3 Å². The van der Waals surface area contributed by atoms with Gasteiger partial charge in [-0.3, -0.25) is 19.4 Å². The molecule has 2 amide bonds. The van der Waals surface area contributed by atoms with Gasteiger partial charge in [0, 0.05) is 50.7 Å². The van der Waals surface area contributed by atoms with Gasteiger partial charge in [-0.1, -0.05) is 0 Å². The van der Waals surface area contributed by atoms with Gasteiger partial charge in [-0.15, -0.1) is 0 Å². The third kappa shape index (κ3) is 4.60. The molecule has 4 rings (SSSR count). The number of rotatable bonds is 4. The van der Waals surface area contributed by atoms with Crippen LogP contribution in [0.3, 0.4) is 0 Å². The zero-order chi connectivity index (χ0) is 20.4. The smallest absolute Gasteiger partial charge is 0.239 e. The first kappa shape index (κ1) is 21.0. The predicted molar refractivity (Wildman–Crippen MR) is 111 cm³/mol. The SMILES string of the molecule is CN1CCC(N2CCC3C2C(=O)NCC(CCC(=O)N2CCOCC2)N3C)CC1. The summed E-state index contributed by atoms with van der Waals surface area (Å²) in [6, 6.07) is 0.935. The van der Waals surface area contributed by atoms with Crippen molar-refractivity contribution < 1.29 is 14.3 Å². The predicted octanol–water partition coefficient (Wildman–Crippen LogP) is -0.407. The number of morpholine rings is 1. The molecule has 8 nitrogen and oxygen atoms in total. The average Bonchev–Trinajstić information content (AvgIpc) is 3.15. The summed E-state index contributed by atoms with van der Waals surface area (Å²) >= 11 is 0. The van der Waals surface area contributed by atoms with Crippen molar-refractivity contribution in [1.29, 1.82) is 0 Å². The summed E-state index contributed by atoms with van der Waals surface area (Å²) in [6.07, 6.45) is 4.67. The zero-order valence-corrected chi connectivity index (χ0v) is 18.0. The molecule has 3 unspecified atom stereocenters. The molecular formula is C21H37N5O3. The average molecular weight is 408 g/mol. The first-order valence-electron chi connectivity index (χ1n) is 11.3. The van der Waals surface area contributed by atoms with Gasteiger partial charge >= 0.3 is 0 Å². The number of hydrogen-bond donors (Lipinski definition) is 1. The minimum Gasteiger partial charge on any atom is -0.378 e. The van der Waals surface area contributed by atoms with Crippen LogP contribution in [-0.2, 0) is 14.3 Å². The topological polar surface area (TPSA) is 68.4 Å². The van der Waals surface area contributed by atoms with E-state index in [9.17, 15) is 9.59 Å². The van der Waals surface area contributed by atoms with Gasteiger partial charge in [0.15, 0.2) is 0 Å². The van der Waals surface area contributed by atoms with Crippen LogP contribution < -0.4 is 5.32 Å². The molecule has 0 spiro atoms. The number of likely N-dealkylation sites (tertiary alicyclic amines) is 2. The Kier molecular flexibility index (Phi) is 6.73. The first-order chi connectivity index (χ1) is 14.0. The monoisotopic (exact) mass is 407 g/mol. The number of nitrogens with one attached hydrogen (secondary N) is 1. The van der Waals surface area contributed by atoms with Gasteiger partial charge in [-0.2, -0.15) is 0 Å². The second-order valence-corrected chi connectivity index (χ2v) is 9.17. The lowest BCUT2D eigenvalue weighted by molar-refractivity contribution is -0.135. The summed E-state index contributed by atoms with van der Waals surface area (Å²) in [4.78, 5) is 34.7. The van der Waals surface area contributed by atoms with E-state index in [-0.39, 0.29) is 29.9 Å². The van der Waals surface area contributed by atoms with Gasteiger partial charge in [0.05, 0.1) is 13.2 Å². The van der Waals surface area contributed by atoms with Crippen molar-refractivity contribution in [1.82, 2.24) is 24.9 Å². The summed E-state index contributed by atoms with van der Waals surface area (Å²) in [5.41, 5.74) is 0. The molecule has 4 fully saturated rings. The molecule has 4 aliphatic rings. The van der Waals surface area contributed by atoms with E-state index in [1.807, 2.05) is 4.90 Å². The van der Waals surface area contributed by atoms with Crippen molar-refractivity contribution in [2.24, 2.45) is 0 Å². The molecule has 0 saturated carbocycles. The van der Waals surface area contributed by atoms with Crippen LogP contribution in [0.2, 0.25) is 0 Å². The number of fused-ring (bicyclic) bond motifs is 1. The molecule has 4 saturated heterocycles. The van der Waals surface area contributed by atoms with E-state index in [2.05, 4.69) is 34.1 Å². The second kappa shape index (κ2) is 9.29. The Bertz CT molecular complexity index is 589.